The number of carbonyl (C=O) groups excluding carboxylic acids is 2. The number of anilines is 1. The number of methoxy groups -OCH3 is 2. The van der Waals surface area contributed by atoms with Crippen LogP contribution in [0.4, 0.5) is 5.95 Å². The highest BCUT2D eigenvalue weighted by atomic mass is 35.5. The highest BCUT2D eigenvalue weighted by molar-refractivity contribution is 6.31. The Hall–Kier alpha value is -4.76. The standard InChI is InChI=1S/C30H24ClN3O6/c1-14-8-20-21(9-15(14)2)33-30(32-20)34-25(16-6-5-7-19(11-16)38-3)24(27(36)29(34)37)26(35)22-12-17-10-18(31)13-23(39-4)28(17)40-22/h5-13,25,36H,1-4H3,(H,32,33). The number of aliphatic hydroxyl groups is 1. The Kier molecular flexibility index (Phi) is 6.03. The molecule has 5 aromatic rings. The third-order valence-electron chi connectivity index (χ3n) is 7.17. The number of ketones is 1. The number of furan rings is 1. The number of Topliss-reactive ketones (excluding diaryl/α,β-unsaturated/α-hetero) is 1. The van der Waals surface area contributed by atoms with Gasteiger partial charge in [0.25, 0.3) is 5.91 Å². The number of H-pyrrole nitrogens is 1. The van der Waals surface area contributed by atoms with Gasteiger partial charge in [0.1, 0.15) is 5.75 Å². The quantitative estimate of drug-likeness (QED) is 0.233. The fourth-order valence-electron chi connectivity index (χ4n) is 5.03. The first-order valence-electron chi connectivity index (χ1n) is 12.4. The van der Waals surface area contributed by atoms with E-state index in [1.54, 1.807) is 36.4 Å². The summed E-state index contributed by atoms with van der Waals surface area (Å²) in [5, 5.41) is 12.1. The second-order valence-electron chi connectivity index (χ2n) is 9.60. The van der Waals surface area contributed by atoms with Crippen molar-refractivity contribution in [1.82, 2.24) is 9.97 Å². The van der Waals surface area contributed by atoms with Crippen molar-refractivity contribution in [3.05, 3.63) is 93.4 Å². The molecule has 1 unspecified atom stereocenters. The summed E-state index contributed by atoms with van der Waals surface area (Å²) in [4.78, 5) is 36.7. The highest BCUT2D eigenvalue weighted by Crippen LogP contribution is 2.43. The van der Waals surface area contributed by atoms with Crippen molar-refractivity contribution in [3.63, 3.8) is 0 Å². The lowest BCUT2D eigenvalue weighted by molar-refractivity contribution is -0.117. The van der Waals surface area contributed by atoms with Gasteiger partial charge < -0.3 is 24.0 Å². The van der Waals surface area contributed by atoms with Gasteiger partial charge in [0, 0.05) is 16.5 Å². The lowest BCUT2D eigenvalue weighted by atomic mass is 9.95. The molecule has 0 saturated heterocycles. The van der Waals surface area contributed by atoms with E-state index >= 15 is 0 Å². The molecular formula is C30H24ClN3O6. The highest BCUT2D eigenvalue weighted by Gasteiger charge is 2.46. The molecule has 1 aliphatic rings. The van der Waals surface area contributed by atoms with Crippen molar-refractivity contribution < 1.29 is 28.6 Å². The van der Waals surface area contributed by atoms with Crippen LogP contribution in [0.1, 0.15) is 33.3 Å². The zero-order chi connectivity index (χ0) is 28.3. The van der Waals surface area contributed by atoms with Crippen LogP contribution in [0.15, 0.2) is 70.3 Å². The Bertz CT molecular complexity index is 1850. The molecule has 202 valence electrons. The molecule has 0 aliphatic carbocycles. The lowest BCUT2D eigenvalue weighted by Crippen LogP contribution is -2.32. The van der Waals surface area contributed by atoms with E-state index in [0.29, 0.717) is 38.6 Å². The molecule has 0 spiro atoms. The van der Waals surface area contributed by atoms with Crippen molar-refractivity contribution in [2.24, 2.45) is 0 Å². The van der Waals surface area contributed by atoms with E-state index in [4.69, 9.17) is 25.5 Å². The predicted molar refractivity (Wildman–Crippen MR) is 151 cm³/mol. The average Bonchev–Trinajstić information content (AvgIpc) is 3.62. The van der Waals surface area contributed by atoms with E-state index in [1.165, 1.54) is 25.2 Å². The summed E-state index contributed by atoms with van der Waals surface area (Å²) in [5.41, 5.74) is 4.15. The number of fused-ring (bicyclic) bond motifs is 2. The fraction of sp³-hybridized carbons (Fsp3) is 0.167. The molecule has 2 aromatic heterocycles. The lowest BCUT2D eigenvalue weighted by Gasteiger charge is -2.24. The molecule has 2 N–H and O–H groups in total. The minimum absolute atomic E-state index is 0.0875. The maximum Gasteiger partial charge on any atom is 0.296 e. The van der Waals surface area contributed by atoms with Crippen molar-refractivity contribution in [1.29, 1.82) is 0 Å². The fourth-order valence-corrected chi connectivity index (χ4v) is 5.25. The summed E-state index contributed by atoms with van der Waals surface area (Å²) < 4.78 is 16.7. The molecule has 40 heavy (non-hydrogen) atoms. The van der Waals surface area contributed by atoms with Gasteiger partial charge in [-0.25, -0.2) is 4.98 Å². The zero-order valence-corrected chi connectivity index (χ0v) is 22.8. The van der Waals surface area contributed by atoms with Crippen molar-refractivity contribution in [2.75, 3.05) is 19.1 Å². The Balaban J connectivity index is 1.52. The molecule has 0 radical (unpaired) electrons. The molecule has 3 aromatic carbocycles. The van der Waals surface area contributed by atoms with Crippen LogP contribution >= 0.6 is 11.6 Å². The van der Waals surface area contributed by atoms with Gasteiger partial charge in [0.2, 0.25) is 11.7 Å². The Morgan fingerprint density at radius 3 is 2.60 bits per heavy atom. The summed E-state index contributed by atoms with van der Waals surface area (Å²) in [7, 11) is 2.99. The third kappa shape index (κ3) is 3.97. The number of halogens is 1. The summed E-state index contributed by atoms with van der Waals surface area (Å²) in [5.74, 6) is -1.18. The number of ether oxygens (including phenoxy) is 2. The number of aromatic nitrogens is 2. The smallest absolute Gasteiger partial charge is 0.296 e. The molecule has 1 atom stereocenters. The second-order valence-corrected chi connectivity index (χ2v) is 10.0. The monoisotopic (exact) mass is 557 g/mol. The number of hydrogen-bond acceptors (Lipinski definition) is 7. The van der Waals surface area contributed by atoms with Crippen molar-refractivity contribution in [3.8, 4) is 11.5 Å². The first kappa shape index (κ1) is 25.5. The van der Waals surface area contributed by atoms with Gasteiger partial charge in [-0.05, 0) is 66.9 Å². The first-order valence-corrected chi connectivity index (χ1v) is 12.8. The normalized spacial score (nSPS) is 15.5. The summed E-state index contributed by atoms with van der Waals surface area (Å²) in [6.07, 6.45) is 0. The van der Waals surface area contributed by atoms with Crippen LogP contribution in [0.2, 0.25) is 5.02 Å². The second kappa shape index (κ2) is 9.46. The van der Waals surface area contributed by atoms with Crippen LogP contribution in [0.25, 0.3) is 22.0 Å². The average molecular weight is 558 g/mol. The molecule has 0 bridgehead atoms. The van der Waals surface area contributed by atoms with E-state index < -0.39 is 23.5 Å². The molecule has 3 heterocycles. The predicted octanol–water partition coefficient (Wildman–Crippen LogP) is 6.38. The van der Waals surface area contributed by atoms with Gasteiger partial charge in [0.05, 0.1) is 36.9 Å². The van der Waals surface area contributed by atoms with Crippen LogP contribution in [-0.2, 0) is 4.79 Å². The van der Waals surface area contributed by atoms with Gasteiger partial charge in [-0.3, -0.25) is 14.5 Å². The number of nitrogens with zero attached hydrogens (tertiary/aromatic N) is 2. The molecule has 6 rings (SSSR count). The van der Waals surface area contributed by atoms with Gasteiger partial charge in [-0.15, -0.1) is 0 Å². The van der Waals surface area contributed by atoms with Crippen LogP contribution in [0.3, 0.4) is 0 Å². The number of carbonyl (C=O) groups is 2. The largest absolute Gasteiger partial charge is 0.503 e. The number of aliphatic hydroxyl groups excluding tert-OH is 1. The van der Waals surface area contributed by atoms with Crippen molar-refractivity contribution >= 4 is 51.2 Å². The number of aromatic amines is 1. The number of nitrogens with one attached hydrogen (secondary N) is 1. The van der Waals surface area contributed by atoms with Crippen LogP contribution in [-0.4, -0.2) is 41.0 Å². The maximum atomic E-state index is 14.0. The molecule has 0 fully saturated rings. The molecule has 1 amide bonds. The molecule has 1 aliphatic heterocycles. The number of amides is 1. The molecular weight excluding hydrogens is 534 g/mol. The van der Waals surface area contributed by atoms with Crippen LogP contribution < -0.4 is 14.4 Å². The number of imidazole rings is 1. The number of rotatable bonds is 6. The number of aryl methyl sites for hydroxylation is 2. The van der Waals surface area contributed by atoms with Gasteiger partial charge >= 0.3 is 0 Å². The first-order chi connectivity index (χ1) is 19.2. The van der Waals surface area contributed by atoms with E-state index in [-0.39, 0.29) is 17.3 Å². The van der Waals surface area contributed by atoms with Crippen LogP contribution in [0, 0.1) is 13.8 Å². The van der Waals surface area contributed by atoms with E-state index in [0.717, 1.165) is 16.6 Å². The summed E-state index contributed by atoms with van der Waals surface area (Å²) in [6, 6.07) is 14.5. The summed E-state index contributed by atoms with van der Waals surface area (Å²) in [6.45, 7) is 3.96. The van der Waals surface area contributed by atoms with Gasteiger partial charge in [-0.1, -0.05) is 23.7 Å². The third-order valence-corrected chi connectivity index (χ3v) is 7.38. The topological polar surface area (TPSA) is 118 Å². The van der Waals surface area contributed by atoms with Gasteiger partial charge in [-0.2, -0.15) is 0 Å². The minimum Gasteiger partial charge on any atom is -0.503 e. The number of hydrogen-bond donors (Lipinski definition) is 2. The van der Waals surface area contributed by atoms with E-state index in [2.05, 4.69) is 9.97 Å². The Morgan fingerprint density at radius 2 is 1.85 bits per heavy atom. The summed E-state index contributed by atoms with van der Waals surface area (Å²) >= 11 is 6.20. The Labute approximate surface area is 233 Å². The van der Waals surface area contributed by atoms with E-state index in [9.17, 15) is 14.7 Å². The molecule has 0 saturated carbocycles. The SMILES string of the molecule is COc1cccc(C2C(C(=O)c3cc4cc(Cl)cc(OC)c4o3)=C(O)C(=O)N2c2nc3cc(C)c(C)cc3[nH]2)c1. The number of benzene rings is 3. The van der Waals surface area contributed by atoms with Crippen LogP contribution in [0.5, 0.6) is 11.5 Å². The zero-order valence-electron chi connectivity index (χ0n) is 22.0. The Morgan fingerprint density at radius 1 is 1.07 bits per heavy atom. The minimum atomic E-state index is -1.03. The van der Waals surface area contributed by atoms with Gasteiger partial charge in [0.15, 0.2) is 22.9 Å². The van der Waals surface area contributed by atoms with E-state index in [1.807, 2.05) is 26.0 Å². The molecule has 9 nitrogen and oxygen atoms in total. The molecule has 10 heteroatoms. The maximum absolute atomic E-state index is 14.0. The van der Waals surface area contributed by atoms with Crippen molar-refractivity contribution in [2.45, 2.75) is 19.9 Å².